The van der Waals surface area contributed by atoms with Gasteiger partial charge in [0.1, 0.15) is 12.7 Å². The second-order valence-corrected chi connectivity index (χ2v) is 10.6. The summed E-state index contributed by atoms with van der Waals surface area (Å²) in [4.78, 5) is 26.7. The van der Waals surface area contributed by atoms with E-state index in [0.29, 0.717) is 30.7 Å². The average Bonchev–Trinajstić information content (AvgIpc) is 3.50. The van der Waals surface area contributed by atoms with E-state index in [2.05, 4.69) is 5.32 Å². The van der Waals surface area contributed by atoms with E-state index in [0.717, 1.165) is 22.8 Å². The van der Waals surface area contributed by atoms with Crippen molar-refractivity contribution in [2.45, 2.75) is 45.4 Å². The van der Waals surface area contributed by atoms with Crippen LogP contribution < -0.4 is 15.5 Å². The summed E-state index contributed by atoms with van der Waals surface area (Å²) in [7, 11) is -0.0439. The molecule has 0 radical (unpaired) electrons. The fourth-order valence-electron chi connectivity index (χ4n) is 4.75. The molecule has 10 nitrogen and oxygen atoms in total. The number of ether oxygens (including phenoxy) is 4. The van der Waals surface area contributed by atoms with E-state index in [1.54, 1.807) is 18.2 Å². The van der Waals surface area contributed by atoms with Crippen LogP contribution in [0, 0.1) is 12.7 Å². The van der Waals surface area contributed by atoms with Crippen LogP contribution in [0.2, 0.25) is 0 Å². The second kappa shape index (κ2) is 14.9. The van der Waals surface area contributed by atoms with Crippen molar-refractivity contribution in [3.63, 3.8) is 0 Å². The van der Waals surface area contributed by atoms with Gasteiger partial charge in [-0.3, -0.25) is 5.32 Å². The summed E-state index contributed by atoms with van der Waals surface area (Å²) < 4.78 is 37.4. The van der Waals surface area contributed by atoms with Gasteiger partial charge in [-0.2, -0.15) is 0 Å². The van der Waals surface area contributed by atoms with Crippen molar-refractivity contribution >= 4 is 30.5 Å². The maximum Gasteiger partial charge on any atom is 0.488 e. The second-order valence-electron chi connectivity index (χ2n) is 10.6. The lowest BCUT2D eigenvalue weighted by molar-refractivity contribution is 0.101. The molecule has 1 saturated heterocycles. The summed E-state index contributed by atoms with van der Waals surface area (Å²) in [5.41, 5.74) is 3.36. The highest BCUT2D eigenvalue weighted by Gasteiger charge is 2.24. The number of anilines is 1. The summed E-state index contributed by atoms with van der Waals surface area (Å²) in [6.45, 7) is 4.59. The Bertz CT molecular complexity index is 1400. The van der Waals surface area contributed by atoms with Crippen molar-refractivity contribution < 1.29 is 43.0 Å². The van der Waals surface area contributed by atoms with Crippen LogP contribution in [0.5, 0.6) is 5.75 Å². The van der Waals surface area contributed by atoms with Crippen LogP contribution in [0.3, 0.4) is 0 Å². The van der Waals surface area contributed by atoms with Crippen LogP contribution in [-0.4, -0.2) is 67.2 Å². The Labute approximate surface area is 250 Å². The molecule has 0 unspecified atom stereocenters. The predicted molar refractivity (Wildman–Crippen MR) is 159 cm³/mol. The minimum atomic E-state index is -1.57. The van der Waals surface area contributed by atoms with Crippen LogP contribution in [0.4, 0.5) is 19.7 Å². The molecule has 228 valence electrons. The number of halogens is 1. The van der Waals surface area contributed by atoms with Crippen LogP contribution >= 0.6 is 0 Å². The first-order chi connectivity index (χ1) is 20.6. The highest BCUT2D eigenvalue weighted by atomic mass is 19.1. The van der Waals surface area contributed by atoms with Crippen LogP contribution in [0.15, 0.2) is 60.7 Å². The zero-order chi connectivity index (χ0) is 30.9. The third kappa shape index (κ3) is 8.93. The van der Waals surface area contributed by atoms with Crippen molar-refractivity contribution in [1.29, 1.82) is 0 Å². The van der Waals surface area contributed by atoms with Crippen molar-refractivity contribution in [3.05, 3.63) is 88.7 Å². The highest BCUT2D eigenvalue weighted by Crippen LogP contribution is 2.31. The number of rotatable bonds is 11. The molecule has 0 aromatic heterocycles. The smallest absolute Gasteiger partial charge is 0.484 e. The van der Waals surface area contributed by atoms with Crippen molar-refractivity contribution in [1.82, 2.24) is 4.90 Å². The van der Waals surface area contributed by atoms with Gasteiger partial charge in [-0.1, -0.05) is 55.5 Å². The quantitative estimate of drug-likeness (QED) is 0.284. The van der Waals surface area contributed by atoms with Gasteiger partial charge in [-0.15, -0.1) is 0 Å². The number of hydrogen-bond donors (Lipinski definition) is 3. The van der Waals surface area contributed by atoms with Gasteiger partial charge in [0, 0.05) is 36.7 Å². The molecule has 12 heteroatoms. The van der Waals surface area contributed by atoms with E-state index in [1.165, 1.54) is 18.0 Å². The minimum absolute atomic E-state index is 0.0297. The van der Waals surface area contributed by atoms with Gasteiger partial charge in [0.2, 0.25) is 0 Å². The molecule has 1 aliphatic heterocycles. The molecule has 0 bridgehead atoms. The minimum Gasteiger partial charge on any atom is -0.484 e. The van der Waals surface area contributed by atoms with Crippen molar-refractivity contribution in [2.75, 3.05) is 32.2 Å². The Morgan fingerprint density at radius 2 is 1.91 bits per heavy atom. The molecule has 0 spiro atoms. The van der Waals surface area contributed by atoms with Gasteiger partial charge in [0.25, 0.3) is 0 Å². The molecule has 2 amide bonds. The molecule has 3 aromatic rings. The van der Waals surface area contributed by atoms with Crippen LogP contribution in [0.1, 0.15) is 41.5 Å². The fourth-order valence-corrected chi connectivity index (χ4v) is 4.75. The van der Waals surface area contributed by atoms with E-state index < -0.39 is 25.1 Å². The molecular formula is C31H36BFN2O8. The van der Waals surface area contributed by atoms with Crippen molar-refractivity contribution in [3.8, 4) is 5.75 Å². The topological polar surface area (TPSA) is 127 Å². The first-order valence-electron chi connectivity index (χ1n) is 14.0. The number of aryl methyl sites for hydroxylation is 1. The molecule has 3 N–H and O–H groups in total. The number of carbonyl (C=O) groups is 2. The molecule has 2 atom stereocenters. The molecule has 43 heavy (non-hydrogen) atoms. The first kappa shape index (κ1) is 31.8. The number of carbonyl (C=O) groups excluding carboxylic acids is 2. The van der Waals surface area contributed by atoms with Crippen LogP contribution in [0.25, 0.3) is 0 Å². The molecule has 1 aliphatic rings. The number of amides is 2. The predicted octanol–water partition coefficient (Wildman–Crippen LogP) is 4.10. The standard InChI is InChI=1S/C31H36BFN2O8/c1-20-13-24(32(38)39)9-10-27(20)21(2)17-41-30(36)34-25-14-23(29(28(33)15-25)43-26-11-12-40-19-26)16-35(3)31(37)42-18-22-7-5-4-6-8-22/h4-10,13-15,21,26,38-39H,11-12,16-19H2,1-3H3,(H,34,36)/t21-,26-/m0/s1. The molecule has 0 aliphatic carbocycles. The number of nitrogens with one attached hydrogen (secondary N) is 1. The van der Waals surface area contributed by atoms with Crippen LogP contribution in [-0.2, 0) is 27.4 Å². The van der Waals surface area contributed by atoms with Gasteiger partial charge in [-0.05, 0) is 35.1 Å². The maximum atomic E-state index is 15.4. The Hall–Kier alpha value is -4.13. The Kier molecular flexibility index (Phi) is 11.0. The van der Waals surface area contributed by atoms with Gasteiger partial charge in [0.05, 0.1) is 26.4 Å². The molecule has 3 aromatic carbocycles. The van der Waals surface area contributed by atoms with Crippen molar-refractivity contribution in [2.24, 2.45) is 0 Å². The lowest BCUT2D eigenvalue weighted by Gasteiger charge is -2.22. The zero-order valence-corrected chi connectivity index (χ0v) is 24.4. The first-order valence-corrected chi connectivity index (χ1v) is 14.0. The molecule has 1 fully saturated rings. The van der Waals surface area contributed by atoms with Gasteiger partial charge in [0.15, 0.2) is 11.6 Å². The SMILES string of the molecule is Cc1cc(B(O)O)ccc1[C@@H](C)COC(=O)Nc1cc(F)c(O[C@H]2CCOC2)c(CN(C)C(=O)OCc2ccccc2)c1. The van der Waals surface area contributed by atoms with Gasteiger partial charge in [-0.25, -0.2) is 14.0 Å². The summed E-state index contributed by atoms with van der Waals surface area (Å²) in [5, 5.41) is 21.3. The maximum absolute atomic E-state index is 15.4. The van der Waals surface area contributed by atoms with Gasteiger partial charge >= 0.3 is 19.3 Å². The van der Waals surface area contributed by atoms with E-state index in [-0.39, 0.29) is 43.2 Å². The van der Waals surface area contributed by atoms with E-state index >= 15 is 4.39 Å². The molecular weight excluding hydrogens is 558 g/mol. The summed E-state index contributed by atoms with van der Waals surface area (Å²) in [6, 6.07) is 16.9. The molecule has 4 rings (SSSR count). The average molecular weight is 594 g/mol. The lowest BCUT2D eigenvalue weighted by atomic mass is 9.78. The zero-order valence-electron chi connectivity index (χ0n) is 24.4. The summed E-state index contributed by atoms with van der Waals surface area (Å²) in [6.07, 6.45) is -1.14. The number of nitrogens with zero attached hydrogens (tertiary/aromatic N) is 1. The fraction of sp³-hybridized carbons (Fsp3) is 0.355. The van der Waals surface area contributed by atoms with E-state index in [1.807, 2.05) is 44.2 Å². The Balaban J connectivity index is 1.42. The van der Waals surface area contributed by atoms with E-state index in [4.69, 9.17) is 18.9 Å². The monoisotopic (exact) mass is 594 g/mol. The van der Waals surface area contributed by atoms with E-state index in [9.17, 15) is 19.6 Å². The largest absolute Gasteiger partial charge is 0.488 e. The highest BCUT2D eigenvalue weighted by molar-refractivity contribution is 6.58. The molecule has 0 saturated carbocycles. The lowest BCUT2D eigenvalue weighted by Crippen LogP contribution is -2.30. The Morgan fingerprint density at radius 3 is 2.58 bits per heavy atom. The summed E-state index contributed by atoms with van der Waals surface area (Å²) in [5.74, 6) is -0.929. The summed E-state index contributed by atoms with van der Waals surface area (Å²) >= 11 is 0. The molecule has 1 heterocycles. The normalized spacial score (nSPS) is 15.0. The number of benzene rings is 3. The Morgan fingerprint density at radius 1 is 1.14 bits per heavy atom. The third-order valence-corrected chi connectivity index (χ3v) is 7.05. The number of hydrogen-bond acceptors (Lipinski definition) is 8. The van der Waals surface area contributed by atoms with Gasteiger partial charge < -0.3 is 33.9 Å². The third-order valence-electron chi connectivity index (χ3n) is 7.05.